The number of thiazole rings is 1. The minimum absolute atomic E-state index is 0.0902. The predicted molar refractivity (Wildman–Crippen MR) is 92.1 cm³/mol. The molecule has 1 heterocycles. The normalized spacial score (nSPS) is 10.6. The molecule has 4 nitrogen and oxygen atoms in total. The number of nitrogens with zero attached hydrogens (tertiary/aromatic N) is 2. The smallest absolute Gasteiger partial charge is 0.258 e. The molecule has 0 fully saturated rings. The number of nitro benzene ring substituents is 1. The van der Waals surface area contributed by atoms with Gasteiger partial charge in [0, 0.05) is 22.2 Å². The van der Waals surface area contributed by atoms with Crippen LogP contribution >= 0.6 is 27.3 Å². The van der Waals surface area contributed by atoms with Crippen molar-refractivity contribution in [2.45, 2.75) is 6.92 Å². The highest BCUT2D eigenvalue weighted by Gasteiger charge is 2.16. The van der Waals surface area contributed by atoms with Gasteiger partial charge in [0.15, 0.2) is 0 Å². The maximum atomic E-state index is 10.8. The van der Waals surface area contributed by atoms with Gasteiger partial charge < -0.3 is 0 Å². The van der Waals surface area contributed by atoms with Gasteiger partial charge in [-0.25, -0.2) is 4.98 Å². The molecule has 2 aromatic carbocycles. The van der Waals surface area contributed by atoms with Crippen molar-refractivity contribution in [3.8, 4) is 21.7 Å². The van der Waals surface area contributed by atoms with E-state index < -0.39 is 4.92 Å². The quantitative estimate of drug-likeness (QED) is 0.451. The third-order valence-corrected chi connectivity index (χ3v) is 4.91. The summed E-state index contributed by atoms with van der Waals surface area (Å²) in [5.74, 6) is 0. The molecule has 0 radical (unpaired) electrons. The molecule has 3 rings (SSSR count). The van der Waals surface area contributed by atoms with Crippen LogP contribution in [0.2, 0.25) is 0 Å². The Hall–Kier alpha value is -2.05. The minimum Gasteiger partial charge on any atom is -0.258 e. The SMILES string of the molecule is Cc1nc(-c2ccccc2Br)c(-c2ccc([N+](=O)[O-])cc2)s1. The molecule has 110 valence electrons. The van der Waals surface area contributed by atoms with Crippen molar-refractivity contribution >= 4 is 33.0 Å². The summed E-state index contributed by atoms with van der Waals surface area (Å²) in [6.45, 7) is 1.96. The number of non-ortho nitro benzene ring substituents is 1. The van der Waals surface area contributed by atoms with Crippen LogP contribution in [0, 0.1) is 17.0 Å². The van der Waals surface area contributed by atoms with E-state index in [4.69, 9.17) is 0 Å². The summed E-state index contributed by atoms with van der Waals surface area (Å²) in [5.41, 5.74) is 2.93. The largest absolute Gasteiger partial charge is 0.269 e. The molecule has 0 saturated heterocycles. The van der Waals surface area contributed by atoms with Gasteiger partial charge >= 0.3 is 0 Å². The van der Waals surface area contributed by atoms with Crippen molar-refractivity contribution in [3.05, 3.63) is 68.1 Å². The number of nitro groups is 1. The van der Waals surface area contributed by atoms with Crippen LogP contribution in [0.15, 0.2) is 53.0 Å². The van der Waals surface area contributed by atoms with Crippen LogP contribution in [0.5, 0.6) is 0 Å². The first-order valence-corrected chi connectivity index (χ1v) is 8.14. The zero-order valence-corrected chi connectivity index (χ0v) is 14.0. The number of halogens is 1. The van der Waals surface area contributed by atoms with Gasteiger partial charge in [-0.3, -0.25) is 10.1 Å². The molecule has 0 bridgehead atoms. The van der Waals surface area contributed by atoms with E-state index in [-0.39, 0.29) is 5.69 Å². The minimum atomic E-state index is -0.392. The Balaban J connectivity index is 2.12. The van der Waals surface area contributed by atoms with E-state index in [2.05, 4.69) is 20.9 Å². The van der Waals surface area contributed by atoms with Gasteiger partial charge in [0.2, 0.25) is 0 Å². The lowest BCUT2D eigenvalue weighted by Gasteiger charge is -2.05. The third kappa shape index (κ3) is 2.80. The second-order valence-electron chi connectivity index (χ2n) is 4.69. The lowest BCUT2D eigenvalue weighted by molar-refractivity contribution is -0.384. The number of benzene rings is 2. The van der Waals surface area contributed by atoms with Crippen LogP contribution in [-0.2, 0) is 0 Å². The van der Waals surface area contributed by atoms with E-state index in [1.54, 1.807) is 23.5 Å². The summed E-state index contributed by atoms with van der Waals surface area (Å²) >= 11 is 5.14. The predicted octanol–water partition coefficient (Wildman–Crippen LogP) is 5.46. The zero-order chi connectivity index (χ0) is 15.7. The number of aryl methyl sites for hydroxylation is 1. The van der Waals surface area contributed by atoms with Crippen molar-refractivity contribution < 1.29 is 4.92 Å². The van der Waals surface area contributed by atoms with Gasteiger partial charge in [0.25, 0.3) is 5.69 Å². The van der Waals surface area contributed by atoms with Crippen LogP contribution in [0.25, 0.3) is 21.7 Å². The fourth-order valence-corrected chi connectivity index (χ4v) is 3.60. The van der Waals surface area contributed by atoms with Gasteiger partial charge in [-0.05, 0) is 30.7 Å². The molecular weight excluding hydrogens is 364 g/mol. The Morgan fingerprint density at radius 3 is 2.45 bits per heavy atom. The van der Waals surface area contributed by atoms with Crippen molar-refractivity contribution in [1.29, 1.82) is 0 Å². The van der Waals surface area contributed by atoms with E-state index in [9.17, 15) is 10.1 Å². The Labute approximate surface area is 139 Å². The number of hydrogen-bond donors (Lipinski definition) is 0. The second-order valence-corrected chi connectivity index (χ2v) is 6.75. The molecule has 0 aliphatic rings. The molecule has 0 aliphatic heterocycles. The summed E-state index contributed by atoms with van der Waals surface area (Å²) < 4.78 is 0.975. The molecule has 0 saturated carbocycles. The molecular formula is C16H11BrN2O2S. The number of aromatic nitrogens is 1. The highest BCUT2D eigenvalue weighted by Crippen LogP contribution is 2.39. The molecule has 0 N–H and O–H groups in total. The monoisotopic (exact) mass is 374 g/mol. The zero-order valence-electron chi connectivity index (χ0n) is 11.6. The van der Waals surface area contributed by atoms with E-state index >= 15 is 0 Å². The lowest BCUT2D eigenvalue weighted by Crippen LogP contribution is -1.87. The Bertz CT molecular complexity index is 844. The lowest BCUT2D eigenvalue weighted by atomic mass is 10.1. The summed E-state index contributed by atoms with van der Waals surface area (Å²) in [4.78, 5) is 16.0. The first kappa shape index (κ1) is 14.9. The van der Waals surface area contributed by atoms with Crippen molar-refractivity contribution in [2.24, 2.45) is 0 Å². The highest BCUT2D eigenvalue weighted by molar-refractivity contribution is 9.10. The first-order valence-electron chi connectivity index (χ1n) is 6.53. The summed E-state index contributed by atoms with van der Waals surface area (Å²) in [5, 5.41) is 11.7. The fraction of sp³-hybridized carbons (Fsp3) is 0.0625. The maximum Gasteiger partial charge on any atom is 0.269 e. The van der Waals surface area contributed by atoms with Crippen LogP contribution in [-0.4, -0.2) is 9.91 Å². The molecule has 22 heavy (non-hydrogen) atoms. The van der Waals surface area contributed by atoms with Crippen LogP contribution in [0.4, 0.5) is 5.69 Å². The molecule has 0 atom stereocenters. The number of hydrogen-bond acceptors (Lipinski definition) is 4. The maximum absolute atomic E-state index is 10.8. The van der Waals surface area contributed by atoms with Gasteiger partial charge in [-0.1, -0.05) is 34.1 Å². The van der Waals surface area contributed by atoms with Gasteiger partial charge in [0.05, 0.1) is 20.5 Å². The fourth-order valence-electron chi connectivity index (χ4n) is 2.19. The standard InChI is InChI=1S/C16H11BrN2O2S/c1-10-18-15(13-4-2-3-5-14(13)17)16(22-10)11-6-8-12(9-7-11)19(20)21/h2-9H,1H3. The molecule has 3 aromatic rings. The summed E-state index contributed by atoms with van der Waals surface area (Å²) in [6, 6.07) is 14.5. The van der Waals surface area contributed by atoms with Crippen molar-refractivity contribution in [3.63, 3.8) is 0 Å². The van der Waals surface area contributed by atoms with E-state index in [1.807, 2.05) is 31.2 Å². The molecule has 0 aliphatic carbocycles. The van der Waals surface area contributed by atoms with Crippen LogP contribution in [0.3, 0.4) is 0 Å². The average molecular weight is 375 g/mol. The van der Waals surface area contributed by atoms with Gasteiger partial charge in [0.1, 0.15) is 0 Å². The average Bonchev–Trinajstić information content (AvgIpc) is 2.89. The molecule has 0 unspecified atom stereocenters. The first-order chi connectivity index (χ1) is 10.6. The van der Waals surface area contributed by atoms with Gasteiger partial charge in [-0.2, -0.15) is 0 Å². The Morgan fingerprint density at radius 2 is 1.82 bits per heavy atom. The van der Waals surface area contributed by atoms with Crippen LogP contribution in [0.1, 0.15) is 5.01 Å². The molecule has 6 heteroatoms. The van der Waals surface area contributed by atoms with E-state index in [0.717, 1.165) is 31.2 Å². The highest BCUT2D eigenvalue weighted by atomic mass is 79.9. The molecule has 1 aromatic heterocycles. The van der Waals surface area contributed by atoms with Gasteiger partial charge in [-0.15, -0.1) is 11.3 Å². The summed E-state index contributed by atoms with van der Waals surface area (Å²) in [7, 11) is 0. The number of rotatable bonds is 3. The van der Waals surface area contributed by atoms with E-state index in [1.165, 1.54) is 12.1 Å². The van der Waals surface area contributed by atoms with Crippen LogP contribution < -0.4 is 0 Å². The third-order valence-electron chi connectivity index (χ3n) is 3.20. The topological polar surface area (TPSA) is 56.0 Å². The second kappa shape index (κ2) is 5.98. The summed E-state index contributed by atoms with van der Waals surface area (Å²) in [6.07, 6.45) is 0. The van der Waals surface area contributed by atoms with E-state index in [0.29, 0.717) is 0 Å². The Kier molecular flexibility index (Phi) is 4.04. The molecule has 0 amide bonds. The Morgan fingerprint density at radius 1 is 1.14 bits per heavy atom. The van der Waals surface area contributed by atoms with Crippen molar-refractivity contribution in [1.82, 2.24) is 4.98 Å². The molecule has 0 spiro atoms. The van der Waals surface area contributed by atoms with Crippen molar-refractivity contribution in [2.75, 3.05) is 0 Å².